The third-order valence-electron chi connectivity index (χ3n) is 4.53. The lowest BCUT2D eigenvalue weighted by Crippen LogP contribution is -2.11. The summed E-state index contributed by atoms with van der Waals surface area (Å²) >= 11 is 7.93. The molecular formula is C22H27ClN6O2S. The van der Waals surface area contributed by atoms with E-state index in [1.54, 1.807) is 17.5 Å². The SMILES string of the molecule is CNc1ncccc1C=CCOCCOc1nc(Cl)c(C)c(NCc2sc(C)nc2C)n1. The van der Waals surface area contributed by atoms with Gasteiger partial charge in [0.25, 0.3) is 0 Å². The van der Waals surface area contributed by atoms with E-state index < -0.39 is 0 Å². The number of nitrogens with zero attached hydrogens (tertiary/aromatic N) is 4. The number of anilines is 2. The number of halogens is 1. The smallest absolute Gasteiger partial charge is 0.319 e. The molecule has 0 atom stereocenters. The topological polar surface area (TPSA) is 94.1 Å². The van der Waals surface area contributed by atoms with E-state index in [4.69, 9.17) is 21.1 Å². The molecule has 0 saturated carbocycles. The summed E-state index contributed by atoms with van der Waals surface area (Å²) in [5.41, 5.74) is 2.79. The summed E-state index contributed by atoms with van der Waals surface area (Å²) in [5, 5.41) is 7.76. The first-order chi connectivity index (χ1) is 15.5. The molecule has 0 saturated heterocycles. The largest absolute Gasteiger partial charge is 0.461 e. The van der Waals surface area contributed by atoms with Crippen molar-refractivity contribution in [3.8, 4) is 6.01 Å². The molecule has 0 bridgehead atoms. The molecule has 32 heavy (non-hydrogen) atoms. The van der Waals surface area contributed by atoms with Crippen LogP contribution in [0.15, 0.2) is 24.4 Å². The Hall–Kier alpha value is -2.75. The summed E-state index contributed by atoms with van der Waals surface area (Å²) in [6.07, 6.45) is 5.65. The number of aryl methyl sites for hydroxylation is 2. The maximum atomic E-state index is 6.27. The normalized spacial score (nSPS) is 11.2. The first kappa shape index (κ1) is 23.9. The summed E-state index contributed by atoms with van der Waals surface area (Å²) in [7, 11) is 1.84. The van der Waals surface area contributed by atoms with Crippen molar-refractivity contribution in [3.05, 3.63) is 56.3 Å². The zero-order valence-corrected chi connectivity index (χ0v) is 20.2. The van der Waals surface area contributed by atoms with Crippen molar-refractivity contribution in [2.24, 2.45) is 0 Å². The predicted molar refractivity (Wildman–Crippen MR) is 130 cm³/mol. The zero-order valence-electron chi connectivity index (χ0n) is 18.6. The highest BCUT2D eigenvalue weighted by molar-refractivity contribution is 7.11. The van der Waals surface area contributed by atoms with E-state index in [9.17, 15) is 0 Å². The van der Waals surface area contributed by atoms with Crippen molar-refractivity contribution in [3.63, 3.8) is 0 Å². The van der Waals surface area contributed by atoms with Crippen LogP contribution < -0.4 is 15.4 Å². The molecule has 3 rings (SSSR count). The van der Waals surface area contributed by atoms with Crippen molar-refractivity contribution in [1.29, 1.82) is 0 Å². The summed E-state index contributed by atoms with van der Waals surface area (Å²) < 4.78 is 11.2. The number of ether oxygens (including phenoxy) is 2. The number of nitrogens with one attached hydrogen (secondary N) is 2. The summed E-state index contributed by atoms with van der Waals surface area (Å²) in [5.74, 6) is 1.47. The molecule has 0 unspecified atom stereocenters. The van der Waals surface area contributed by atoms with Gasteiger partial charge in [0.05, 0.1) is 30.5 Å². The quantitative estimate of drug-likeness (QED) is 0.306. The van der Waals surface area contributed by atoms with E-state index in [1.165, 1.54) is 0 Å². The Labute approximate surface area is 197 Å². The van der Waals surface area contributed by atoms with Crippen LogP contribution in [0, 0.1) is 20.8 Å². The second-order valence-electron chi connectivity index (χ2n) is 6.88. The molecule has 0 amide bonds. The van der Waals surface area contributed by atoms with Crippen LogP contribution in [0.4, 0.5) is 11.6 Å². The van der Waals surface area contributed by atoms with Gasteiger partial charge in [0.1, 0.15) is 23.4 Å². The van der Waals surface area contributed by atoms with Gasteiger partial charge in [-0.3, -0.25) is 0 Å². The van der Waals surface area contributed by atoms with Crippen LogP contribution in [0.25, 0.3) is 6.08 Å². The van der Waals surface area contributed by atoms with E-state index in [0.29, 0.717) is 37.3 Å². The van der Waals surface area contributed by atoms with E-state index in [1.807, 2.05) is 52.1 Å². The number of rotatable bonds is 11. The Bertz CT molecular complexity index is 1070. The fourth-order valence-corrected chi connectivity index (χ4v) is 3.93. The van der Waals surface area contributed by atoms with Crippen molar-refractivity contribution >= 4 is 40.6 Å². The average Bonchev–Trinajstić information content (AvgIpc) is 3.11. The van der Waals surface area contributed by atoms with Crippen molar-refractivity contribution in [2.75, 3.05) is 37.5 Å². The third-order valence-corrected chi connectivity index (χ3v) is 5.97. The minimum absolute atomic E-state index is 0.216. The van der Waals surface area contributed by atoms with Gasteiger partial charge in [-0.25, -0.2) is 9.97 Å². The minimum Gasteiger partial charge on any atom is -0.461 e. The van der Waals surface area contributed by atoms with E-state index in [-0.39, 0.29) is 6.01 Å². The second-order valence-corrected chi connectivity index (χ2v) is 8.53. The number of pyridine rings is 1. The Kier molecular flexibility index (Phi) is 8.78. The Morgan fingerprint density at radius 3 is 2.72 bits per heavy atom. The molecule has 3 aromatic rings. The molecular weight excluding hydrogens is 448 g/mol. The van der Waals surface area contributed by atoms with Crippen LogP contribution in [0.1, 0.15) is 26.7 Å². The van der Waals surface area contributed by atoms with Gasteiger partial charge in [0.2, 0.25) is 0 Å². The van der Waals surface area contributed by atoms with Crippen molar-refractivity contribution < 1.29 is 9.47 Å². The molecule has 2 N–H and O–H groups in total. The molecule has 10 heteroatoms. The molecule has 3 heterocycles. The number of hydrogen-bond acceptors (Lipinski definition) is 9. The van der Waals surface area contributed by atoms with Gasteiger partial charge >= 0.3 is 6.01 Å². The lowest BCUT2D eigenvalue weighted by molar-refractivity contribution is 0.117. The lowest BCUT2D eigenvalue weighted by atomic mass is 10.2. The molecule has 170 valence electrons. The maximum Gasteiger partial charge on any atom is 0.319 e. The molecule has 3 aromatic heterocycles. The molecule has 0 aliphatic heterocycles. The maximum absolute atomic E-state index is 6.27. The van der Waals surface area contributed by atoms with Crippen LogP contribution >= 0.6 is 22.9 Å². The van der Waals surface area contributed by atoms with E-state index >= 15 is 0 Å². The van der Waals surface area contributed by atoms with Crippen LogP contribution in [-0.2, 0) is 11.3 Å². The summed E-state index contributed by atoms with van der Waals surface area (Å²) in [6, 6.07) is 4.10. The number of hydrogen-bond donors (Lipinski definition) is 2. The fourth-order valence-electron chi connectivity index (χ4n) is 2.89. The monoisotopic (exact) mass is 474 g/mol. The molecule has 0 fully saturated rings. The predicted octanol–water partition coefficient (Wildman–Crippen LogP) is 4.67. The standard InChI is InChI=1S/C22H27ClN6O2S/c1-14-19(23)28-22(29-20(14)26-13-18-15(2)27-16(3)32-18)31-12-11-30-10-6-8-17-7-5-9-25-21(17)24-4/h5-9H,10-13H2,1-4H3,(H,24,25)(H,26,28,29). The molecule has 0 aliphatic rings. The number of aromatic nitrogens is 4. The van der Waals surface area contributed by atoms with Gasteiger partial charge in [-0.1, -0.05) is 23.8 Å². The van der Waals surface area contributed by atoms with Crippen LogP contribution in [0.3, 0.4) is 0 Å². The molecule has 0 aliphatic carbocycles. The molecule has 0 aromatic carbocycles. The first-order valence-electron chi connectivity index (χ1n) is 10.2. The Balaban J connectivity index is 1.46. The zero-order chi connectivity index (χ0) is 22.9. The van der Waals surface area contributed by atoms with Crippen LogP contribution in [0.5, 0.6) is 6.01 Å². The van der Waals surface area contributed by atoms with Gasteiger partial charge < -0.3 is 20.1 Å². The highest BCUT2D eigenvalue weighted by atomic mass is 35.5. The second kappa shape index (κ2) is 11.8. The minimum atomic E-state index is 0.216. The third kappa shape index (κ3) is 6.62. The molecule has 0 spiro atoms. The lowest BCUT2D eigenvalue weighted by Gasteiger charge is -2.11. The van der Waals surface area contributed by atoms with Crippen molar-refractivity contribution in [2.45, 2.75) is 27.3 Å². The van der Waals surface area contributed by atoms with Gasteiger partial charge in [-0.15, -0.1) is 11.3 Å². The van der Waals surface area contributed by atoms with Gasteiger partial charge in [-0.2, -0.15) is 9.97 Å². The number of thiazole rings is 1. The van der Waals surface area contributed by atoms with Gasteiger partial charge in [0, 0.05) is 29.2 Å². The van der Waals surface area contributed by atoms with Crippen LogP contribution in [0.2, 0.25) is 5.15 Å². The van der Waals surface area contributed by atoms with Gasteiger partial charge in [-0.05, 0) is 32.9 Å². The summed E-state index contributed by atoms with van der Waals surface area (Å²) in [6.45, 7) is 7.65. The van der Waals surface area contributed by atoms with Gasteiger partial charge in [0.15, 0.2) is 0 Å². The Morgan fingerprint density at radius 2 is 1.97 bits per heavy atom. The first-order valence-corrected chi connectivity index (χ1v) is 11.4. The van der Waals surface area contributed by atoms with E-state index in [2.05, 4.69) is 30.6 Å². The molecule has 8 nitrogen and oxygen atoms in total. The molecule has 0 radical (unpaired) electrons. The van der Waals surface area contributed by atoms with Crippen LogP contribution in [-0.4, -0.2) is 46.8 Å². The van der Waals surface area contributed by atoms with Crippen molar-refractivity contribution in [1.82, 2.24) is 19.9 Å². The highest BCUT2D eigenvalue weighted by Gasteiger charge is 2.12. The highest BCUT2D eigenvalue weighted by Crippen LogP contribution is 2.25. The fraction of sp³-hybridized carbons (Fsp3) is 0.364. The Morgan fingerprint density at radius 1 is 1.12 bits per heavy atom. The van der Waals surface area contributed by atoms with E-state index in [0.717, 1.165) is 32.5 Å². The summed E-state index contributed by atoms with van der Waals surface area (Å²) in [4.78, 5) is 18.5. The average molecular weight is 475 g/mol.